The van der Waals surface area contributed by atoms with Crippen LogP contribution >= 0.6 is 0 Å². The van der Waals surface area contributed by atoms with E-state index in [9.17, 15) is 0 Å². The van der Waals surface area contributed by atoms with Crippen molar-refractivity contribution in [3.63, 3.8) is 0 Å². The third kappa shape index (κ3) is 20.3. The minimum atomic E-state index is -0.850. The van der Waals surface area contributed by atoms with Gasteiger partial charge in [0.2, 0.25) is 0 Å². The van der Waals surface area contributed by atoms with Crippen LogP contribution in [-0.2, 0) is 0 Å². The van der Waals surface area contributed by atoms with Crippen LogP contribution in [0, 0.1) is 0 Å². The minimum Gasteiger partial charge on any atom is -0.333 e. The Balaban J connectivity index is -0.000000884. The van der Waals surface area contributed by atoms with E-state index >= 15 is 0 Å². The standard InChI is InChI=1S/2C6H6.C2H6B27.2CH5N/c2*1-2-4-6-5-3-1;1-17(27(20(6)7)21(8)9)26(29(23(12)13)24(14)16-3)18(2)28(22(10)11)25(15)19(4)5;2*1-2/h2*1-6H;1-2H3;2*2H2,1H3. The highest BCUT2D eigenvalue weighted by Crippen LogP contribution is 2.13. The lowest BCUT2D eigenvalue weighted by Crippen LogP contribution is -2.82. The van der Waals surface area contributed by atoms with Gasteiger partial charge in [0.25, 0.3) is 0 Å². The van der Waals surface area contributed by atoms with E-state index in [4.69, 9.17) is 101 Å². The molecule has 183 valence electrons. The summed E-state index contributed by atoms with van der Waals surface area (Å²) >= 11 is 0. The Morgan fingerprint density at radius 2 is 0.622 bits per heavy atom. The molecule has 0 aliphatic rings. The number of hydrogen-bond acceptors (Lipinski definition) is 2. The van der Waals surface area contributed by atoms with Crippen LogP contribution in [0.3, 0.4) is 0 Å². The Labute approximate surface area is 301 Å². The Morgan fingerprint density at radius 3 is 0.822 bits per heavy atom. The van der Waals surface area contributed by atoms with E-state index in [1.807, 2.05) is 86.4 Å². The molecular formula is C16H28B27N2. The Hall–Kier alpha value is 0.113. The van der Waals surface area contributed by atoms with Crippen LogP contribution in [0.5, 0.6) is 0 Å². The fraction of sp³-hybridized carbons (Fsp3) is 0.250. The van der Waals surface area contributed by atoms with Gasteiger partial charge in [-0.3, -0.25) is 0 Å². The second-order valence-corrected chi connectivity index (χ2v) is 10.6. The predicted octanol–water partition coefficient (Wildman–Crippen LogP) is -6.59. The first-order valence-electron chi connectivity index (χ1n) is 15.0. The molecule has 0 spiro atoms. The van der Waals surface area contributed by atoms with Crippen LogP contribution in [-0.4, -0.2) is 205 Å². The van der Waals surface area contributed by atoms with Crippen LogP contribution in [0.15, 0.2) is 72.8 Å². The van der Waals surface area contributed by atoms with E-state index < -0.39 is 63.9 Å². The van der Waals surface area contributed by atoms with Gasteiger partial charge in [-0.15, -0.1) is 13.6 Å². The highest BCUT2D eigenvalue weighted by atomic mass is 14.4. The van der Waals surface area contributed by atoms with Gasteiger partial charge >= 0.3 is 0 Å². The molecule has 0 heterocycles. The average molecular weight is 540 g/mol. The molecule has 0 unspecified atom stereocenters. The molecule has 2 rings (SSSR count). The number of benzene rings is 2. The first-order valence-corrected chi connectivity index (χ1v) is 15.0. The lowest BCUT2D eigenvalue weighted by Gasteiger charge is -2.45. The van der Waals surface area contributed by atoms with Gasteiger partial charge in [0.15, 0.2) is 0 Å². The summed E-state index contributed by atoms with van der Waals surface area (Å²) in [5.74, 6) is 0. The van der Waals surface area contributed by atoms with Gasteiger partial charge < -0.3 is 11.5 Å². The van der Waals surface area contributed by atoms with Crippen LogP contribution in [0.25, 0.3) is 0 Å². The highest BCUT2D eigenvalue weighted by Gasteiger charge is 2.49. The molecule has 0 atom stereocenters. The second-order valence-electron chi connectivity index (χ2n) is 10.6. The fourth-order valence-corrected chi connectivity index (χ4v) is 5.53. The molecule has 0 saturated carbocycles. The summed E-state index contributed by atoms with van der Waals surface area (Å²) in [5, 5.41) is 0. The average Bonchev–Trinajstić information content (AvgIpc) is 3.02. The molecule has 4 N–H and O–H groups in total. The zero-order valence-corrected chi connectivity index (χ0v) is 27.7. The largest absolute Gasteiger partial charge is 0.333 e. The van der Waals surface area contributed by atoms with Gasteiger partial charge in [0, 0.05) is 191 Å². The Bertz CT molecular complexity index is 777. The zero-order valence-electron chi connectivity index (χ0n) is 27.7. The zero-order chi connectivity index (χ0) is 35.7. The second kappa shape index (κ2) is 30.2. The number of nitrogens with two attached hydrogens (primary N) is 2. The van der Waals surface area contributed by atoms with Crippen LogP contribution < -0.4 is 11.5 Å². The van der Waals surface area contributed by atoms with Crippen LogP contribution in [0.2, 0.25) is 13.6 Å². The van der Waals surface area contributed by atoms with E-state index in [1.165, 1.54) is 21.2 Å². The van der Waals surface area contributed by atoms with Gasteiger partial charge in [-0.2, -0.15) is 0 Å². The Morgan fingerprint density at radius 1 is 0.378 bits per heavy atom. The third-order valence-electron chi connectivity index (χ3n) is 7.54. The smallest absolute Gasteiger partial charge is 0.0420 e. The molecule has 0 amide bonds. The lowest BCUT2D eigenvalue weighted by molar-refractivity contribution is 1.48. The molecule has 0 aromatic heterocycles. The number of hydrogen-bond donors (Lipinski definition) is 2. The summed E-state index contributed by atoms with van der Waals surface area (Å²) in [6.07, 6.45) is -7.33. The van der Waals surface area contributed by atoms with E-state index in [1.54, 1.807) is 0 Å². The van der Waals surface area contributed by atoms with Gasteiger partial charge in [0.1, 0.15) is 0 Å². The molecule has 0 aliphatic carbocycles. The number of rotatable bonds is 13. The highest BCUT2D eigenvalue weighted by molar-refractivity contribution is 8.18. The van der Waals surface area contributed by atoms with Crippen LogP contribution in [0.4, 0.5) is 0 Å². The van der Waals surface area contributed by atoms with Gasteiger partial charge in [0.05, 0.1) is 0 Å². The quantitative estimate of drug-likeness (QED) is 0.249. The SMILES string of the molecule is CN.CN.[B][B]B([B])B(B([B])[B])B(B(C)B(B([B])[B])B([B])[B])B(C)B(B([B])[B])B([B])B([B])[B].c1ccccc1.c1ccccc1. The molecule has 0 saturated heterocycles. The van der Waals surface area contributed by atoms with Crippen molar-refractivity contribution >= 4 is 191 Å². The van der Waals surface area contributed by atoms with Gasteiger partial charge in [-0.25, -0.2) is 0 Å². The molecule has 45 heavy (non-hydrogen) atoms. The normalized spacial score (nSPS) is 8.49. The van der Waals surface area contributed by atoms with E-state index in [0.29, 0.717) is 0 Å². The van der Waals surface area contributed by atoms with Crippen molar-refractivity contribution in [1.82, 2.24) is 0 Å². The van der Waals surface area contributed by atoms with Crippen molar-refractivity contribution in [3.05, 3.63) is 72.8 Å². The summed E-state index contributed by atoms with van der Waals surface area (Å²) in [6, 6.07) is 24.0. The molecule has 0 fully saturated rings. The summed E-state index contributed by atoms with van der Waals surface area (Å²) in [6.45, 7) is 3.20. The third-order valence-corrected chi connectivity index (χ3v) is 7.54. The summed E-state index contributed by atoms with van der Waals surface area (Å²) in [4.78, 5) is 0. The first kappa shape index (κ1) is 49.5. The molecular weight excluding hydrogens is 512 g/mol. The van der Waals surface area contributed by atoms with Crippen molar-refractivity contribution in [2.75, 3.05) is 14.1 Å². The van der Waals surface area contributed by atoms with Crippen molar-refractivity contribution in [3.8, 4) is 0 Å². The topological polar surface area (TPSA) is 52.0 Å². The fourth-order valence-electron chi connectivity index (χ4n) is 5.53. The minimum absolute atomic E-state index is 0.293. The van der Waals surface area contributed by atoms with Gasteiger partial charge in [-0.1, -0.05) is 72.8 Å². The lowest BCUT2D eigenvalue weighted by atomic mass is 8.38. The molecule has 27 radical (unpaired) electrons. The molecule has 0 aliphatic heterocycles. The Kier molecular flexibility index (Phi) is 33.2. The maximum atomic E-state index is 6.25. The van der Waals surface area contributed by atoms with E-state index in [0.717, 1.165) is 0 Å². The molecule has 2 aromatic rings. The summed E-state index contributed by atoms with van der Waals surface area (Å²) in [5.41, 5.74) is 9.00. The maximum absolute atomic E-state index is 6.25. The van der Waals surface area contributed by atoms with Crippen molar-refractivity contribution in [1.29, 1.82) is 0 Å². The van der Waals surface area contributed by atoms with Gasteiger partial charge in [-0.05, 0) is 14.1 Å². The predicted molar refractivity (Wildman–Crippen MR) is 240 cm³/mol. The molecule has 0 bridgehead atoms. The molecule has 2 nitrogen and oxygen atoms in total. The van der Waals surface area contributed by atoms with E-state index in [2.05, 4.69) is 11.5 Å². The van der Waals surface area contributed by atoms with Crippen molar-refractivity contribution in [2.45, 2.75) is 13.6 Å². The van der Waals surface area contributed by atoms with E-state index in [-0.39, 0.29) is 19.4 Å². The molecule has 2 aromatic carbocycles. The first-order chi connectivity index (χ1) is 21.2. The monoisotopic (exact) mass is 545 g/mol. The van der Waals surface area contributed by atoms with Crippen molar-refractivity contribution < 1.29 is 0 Å². The van der Waals surface area contributed by atoms with Crippen LogP contribution in [0.1, 0.15) is 0 Å². The summed E-state index contributed by atoms with van der Waals surface area (Å²) in [7, 11) is 82.5. The van der Waals surface area contributed by atoms with Crippen molar-refractivity contribution in [2.24, 2.45) is 11.5 Å². The summed E-state index contributed by atoms with van der Waals surface area (Å²) < 4.78 is 0. The maximum Gasteiger partial charge on any atom is 0.0420 e. The molecule has 29 heteroatoms.